The molecule has 0 saturated carbocycles. The lowest BCUT2D eigenvalue weighted by molar-refractivity contribution is 0.566. The molecule has 0 unspecified atom stereocenters. The van der Waals surface area contributed by atoms with Crippen molar-refractivity contribution >= 4 is 5.94 Å². The Labute approximate surface area is 101 Å². The molecule has 0 atom stereocenters. The van der Waals surface area contributed by atoms with Crippen molar-refractivity contribution in [3.63, 3.8) is 0 Å². The molecular formula is C15H26O. The number of hydrogen-bond donors (Lipinski definition) is 0. The molecule has 0 heterocycles. The second-order valence-electron chi connectivity index (χ2n) is 4.33. The van der Waals surface area contributed by atoms with Crippen LogP contribution in [-0.2, 0) is 4.79 Å². The van der Waals surface area contributed by atoms with E-state index in [9.17, 15) is 4.79 Å². The first-order valence-electron chi connectivity index (χ1n) is 6.77. The Morgan fingerprint density at radius 2 is 1.44 bits per heavy atom. The molecule has 92 valence electrons. The fraction of sp³-hybridized carbons (Fsp3) is 0.733. The highest BCUT2D eigenvalue weighted by Crippen LogP contribution is 2.10. The number of rotatable bonds is 11. The first-order valence-corrected chi connectivity index (χ1v) is 6.77. The molecule has 0 aromatic rings. The van der Waals surface area contributed by atoms with Crippen molar-refractivity contribution in [1.29, 1.82) is 0 Å². The van der Waals surface area contributed by atoms with Crippen LogP contribution >= 0.6 is 0 Å². The molecule has 0 fully saturated rings. The summed E-state index contributed by atoms with van der Waals surface area (Å²) in [5.41, 5.74) is 0. The van der Waals surface area contributed by atoms with Gasteiger partial charge >= 0.3 is 0 Å². The van der Waals surface area contributed by atoms with Gasteiger partial charge in [-0.2, -0.15) is 0 Å². The van der Waals surface area contributed by atoms with Crippen molar-refractivity contribution in [1.82, 2.24) is 0 Å². The van der Waals surface area contributed by atoms with Gasteiger partial charge in [0.05, 0.1) is 0 Å². The average Bonchev–Trinajstić information content (AvgIpc) is 2.31. The first-order chi connectivity index (χ1) is 7.91. The molecule has 0 amide bonds. The summed E-state index contributed by atoms with van der Waals surface area (Å²) in [5, 5.41) is 0. The van der Waals surface area contributed by atoms with Crippen LogP contribution in [0, 0.1) is 0 Å². The van der Waals surface area contributed by atoms with E-state index in [-0.39, 0.29) is 0 Å². The smallest absolute Gasteiger partial charge is 0.124 e. The molecule has 0 saturated heterocycles. The lowest BCUT2D eigenvalue weighted by Gasteiger charge is -2.00. The van der Waals surface area contributed by atoms with Crippen LogP contribution < -0.4 is 0 Å². The van der Waals surface area contributed by atoms with Gasteiger partial charge in [0.2, 0.25) is 0 Å². The van der Waals surface area contributed by atoms with Crippen LogP contribution in [0.15, 0.2) is 18.2 Å². The second-order valence-corrected chi connectivity index (χ2v) is 4.33. The zero-order chi connectivity index (χ0) is 11.9. The molecule has 0 aliphatic carbocycles. The highest BCUT2D eigenvalue weighted by atomic mass is 16.1. The zero-order valence-electron chi connectivity index (χ0n) is 10.7. The van der Waals surface area contributed by atoms with Gasteiger partial charge in [0.15, 0.2) is 0 Å². The standard InChI is InChI=1S/C15H26O/c1-2-3-4-5-6-7-8-9-10-11-12-13-14-15-16/h12-14H,2-11H2,1H3. The minimum Gasteiger partial charge on any atom is -0.234 e. The van der Waals surface area contributed by atoms with Crippen LogP contribution in [0.25, 0.3) is 0 Å². The molecule has 16 heavy (non-hydrogen) atoms. The number of unbranched alkanes of at least 4 members (excludes halogenated alkanes) is 9. The summed E-state index contributed by atoms with van der Waals surface area (Å²) >= 11 is 0. The summed E-state index contributed by atoms with van der Waals surface area (Å²) in [5.74, 6) is 1.74. The molecule has 0 N–H and O–H groups in total. The third kappa shape index (κ3) is 13.2. The minimum atomic E-state index is 1.09. The molecule has 0 aromatic carbocycles. The van der Waals surface area contributed by atoms with Crippen LogP contribution in [0.3, 0.4) is 0 Å². The predicted molar refractivity (Wildman–Crippen MR) is 71.2 cm³/mol. The first kappa shape index (κ1) is 15.2. The third-order valence-electron chi connectivity index (χ3n) is 2.77. The average molecular weight is 222 g/mol. The number of hydrogen-bond acceptors (Lipinski definition) is 1. The van der Waals surface area contributed by atoms with Gasteiger partial charge in [0.1, 0.15) is 5.94 Å². The second kappa shape index (κ2) is 14.2. The van der Waals surface area contributed by atoms with Crippen LogP contribution in [0.5, 0.6) is 0 Å². The zero-order valence-corrected chi connectivity index (χ0v) is 10.7. The Morgan fingerprint density at radius 1 is 0.875 bits per heavy atom. The van der Waals surface area contributed by atoms with Gasteiger partial charge in [-0.15, -0.1) is 0 Å². The molecule has 1 nitrogen and oxygen atoms in total. The number of allylic oxidation sites excluding steroid dienone is 3. The van der Waals surface area contributed by atoms with Crippen molar-refractivity contribution in [2.75, 3.05) is 0 Å². The van der Waals surface area contributed by atoms with Gasteiger partial charge in [-0.1, -0.05) is 70.4 Å². The quantitative estimate of drug-likeness (QED) is 0.277. The molecule has 0 rings (SSSR count). The summed E-state index contributed by atoms with van der Waals surface area (Å²) in [6.07, 6.45) is 18.6. The Hall–Kier alpha value is -0.810. The normalized spacial score (nSPS) is 10.6. The summed E-state index contributed by atoms with van der Waals surface area (Å²) in [6, 6.07) is 0. The minimum absolute atomic E-state index is 1.09. The largest absolute Gasteiger partial charge is 0.234 e. The fourth-order valence-electron chi connectivity index (χ4n) is 1.78. The van der Waals surface area contributed by atoms with E-state index in [1.165, 1.54) is 63.9 Å². The summed E-state index contributed by atoms with van der Waals surface area (Å²) in [4.78, 5) is 9.86. The predicted octanol–water partition coefficient (Wildman–Crippen LogP) is 4.85. The Bertz CT molecular complexity index is 199. The van der Waals surface area contributed by atoms with Gasteiger partial charge in [0.25, 0.3) is 0 Å². The van der Waals surface area contributed by atoms with E-state index in [0.29, 0.717) is 0 Å². The van der Waals surface area contributed by atoms with Gasteiger partial charge in [0, 0.05) is 6.08 Å². The van der Waals surface area contributed by atoms with Crippen molar-refractivity contribution < 1.29 is 4.79 Å². The molecule has 0 aromatic heterocycles. The maximum atomic E-state index is 9.86. The van der Waals surface area contributed by atoms with E-state index < -0.39 is 0 Å². The molecule has 1 heteroatoms. The van der Waals surface area contributed by atoms with Crippen LogP contribution in [0.1, 0.15) is 71.1 Å². The van der Waals surface area contributed by atoms with Crippen molar-refractivity contribution in [3.8, 4) is 0 Å². The molecule has 0 aliphatic heterocycles. The Balaban J connectivity index is 3.01. The van der Waals surface area contributed by atoms with Gasteiger partial charge in [-0.05, 0) is 12.8 Å². The summed E-state index contributed by atoms with van der Waals surface area (Å²) in [6.45, 7) is 2.26. The van der Waals surface area contributed by atoms with Crippen molar-refractivity contribution in [2.24, 2.45) is 0 Å². The van der Waals surface area contributed by atoms with Crippen LogP contribution in [-0.4, -0.2) is 5.94 Å². The molecule has 0 spiro atoms. The highest BCUT2D eigenvalue weighted by molar-refractivity contribution is 5.48. The van der Waals surface area contributed by atoms with E-state index >= 15 is 0 Å². The van der Waals surface area contributed by atoms with E-state index in [0.717, 1.165) is 6.42 Å². The topological polar surface area (TPSA) is 17.1 Å². The number of carbonyl (C=O) groups excluding carboxylic acids is 1. The lowest BCUT2D eigenvalue weighted by atomic mass is 10.1. The molecule has 0 aliphatic rings. The van der Waals surface area contributed by atoms with Crippen molar-refractivity contribution in [2.45, 2.75) is 71.1 Å². The molecule has 0 bridgehead atoms. The summed E-state index contributed by atoms with van der Waals surface area (Å²) in [7, 11) is 0. The Kier molecular flexibility index (Phi) is 13.5. The van der Waals surface area contributed by atoms with Gasteiger partial charge in [-0.3, -0.25) is 0 Å². The maximum absolute atomic E-state index is 9.86. The van der Waals surface area contributed by atoms with E-state index in [2.05, 4.69) is 6.92 Å². The van der Waals surface area contributed by atoms with Crippen LogP contribution in [0.4, 0.5) is 0 Å². The SMILES string of the molecule is CCCCCCCCCCCC=CC=C=O. The molecule has 0 radical (unpaired) electrons. The van der Waals surface area contributed by atoms with Gasteiger partial charge in [-0.25, -0.2) is 4.79 Å². The highest BCUT2D eigenvalue weighted by Gasteiger charge is 1.90. The Morgan fingerprint density at radius 3 is 2.00 bits per heavy atom. The maximum Gasteiger partial charge on any atom is 0.124 e. The van der Waals surface area contributed by atoms with Crippen LogP contribution in [0.2, 0.25) is 0 Å². The van der Waals surface area contributed by atoms with Crippen molar-refractivity contribution in [3.05, 3.63) is 18.2 Å². The van der Waals surface area contributed by atoms with E-state index in [1.807, 2.05) is 6.08 Å². The summed E-state index contributed by atoms with van der Waals surface area (Å²) < 4.78 is 0. The lowest BCUT2D eigenvalue weighted by Crippen LogP contribution is -1.80. The van der Waals surface area contributed by atoms with E-state index in [1.54, 1.807) is 12.0 Å². The van der Waals surface area contributed by atoms with Gasteiger partial charge < -0.3 is 0 Å². The monoisotopic (exact) mass is 222 g/mol. The third-order valence-corrected chi connectivity index (χ3v) is 2.77. The molecular weight excluding hydrogens is 196 g/mol. The fourth-order valence-corrected chi connectivity index (χ4v) is 1.78. The van der Waals surface area contributed by atoms with E-state index in [4.69, 9.17) is 0 Å².